The standard InChI is InChI=1S/C26H38N4O9S/c1-18(2)39-26(33)29-25(30-10-12-36-13-11-30)28-20(9-14-40(3,34)35)24(32)27-21-16-38-22(23(21)31)17-37-15-19-7-5-4-6-8-19/h4-8,18,20-22H,9-17H2,1-3H3,(H,27,32)(H,28,29,33). The van der Waals surface area contributed by atoms with Gasteiger partial charge in [0.05, 0.1) is 44.9 Å². The smallest absolute Gasteiger partial charge is 0.414 e. The van der Waals surface area contributed by atoms with E-state index in [1.165, 1.54) is 0 Å². The summed E-state index contributed by atoms with van der Waals surface area (Å²) in [6.45, 7) is 5.19. The maximum atomic E-state index is 13.3. The third kappa shape index (κ3) is 10.5. The van der Waals surface area contributed by atoms with Gasteiger partial charge in [0.15, 0.2) is 5.78 Å². The number of rotatable bonds is 11. The van der Waals surface area contributed by atoms with E-state index in [0.29, 0.717) is 32.9 Å². The van der Waals surface area contributed by atoms with Gasteiger partial charge in [0.2, 0.25) is 11.9 Å². The van der Waals surface area contributed by atoms with Crippen LogP contribution in [0, 0.1) is 0 Å². The second-order valence-electron chi connectivity index (χ2n) is 9.85. The summed E-state index contributed by atoms with van der Waals surface area (Å²) in [5, 5.41) is 5.21. The number of hydrogen-bond donors (Lipinski definition) is 2. The highest BCUT2D eigenvalue weighted by molar-refractivity contribution is 7.90. The minimum atomic E-state index is -3.44. The van der Waals surface area contributed by atoms with Gasteiger partial charge in [0, 0.05) is 19.3 Å². The number of guanidine groups is 1. The van der Waals surface area contributed by atoms with Crippen molar-refractivity contribution in [1.29, 1.82) is 0 Å². The van der Waals surface area contributed by atoms with Crippen LogP contribution in [0.4, 0.5) is 4.79 Å². The number of aliphatic imine (C=N–C) groups is 1. The average molecular weight is 583 g/mol. The van der Waals surface area contributed by atoms with Gasteiger partial charge in [-0.1, -0.05) is 30.3 Å². The molecular weight excluding hydrogens is 544 g/mol. The third-order valence-electron chi connectivity index (χ3n) is 6.03. The lowest BCUT2D eigenvalue weighted by molar-refractivity contribution is -0.129. The largest absolute Gasteiger partial charge is 0.447 e. The number of amides is 2. The molecule has 14 heteroatoms. The van der Waals surface area contributed by atoms with Crippen molar-refractivity contribution in [1.82, 2.24) is 15.5 Å². The van der Waals surface area contributed by atoms with Gasteiger partial charge in [-0.15, -0.1) is 0 Å². The van der Waals surface area contributed by atoms with Gasteiger partial charge < -0.3 is 29.2 Å². The van der Waals surface area contributed by atoms with E-state index < -0.39 is 46.1 Å². The van der Waals surface area contributed by atoms with Crippen molar-refractivity contribution in [3.63, 3.8) is 0 Å². The molecule has 2 N–H and O–H groups in total. The second kappa shape index (κ2) is 15.1. The number of carbonyl (C=O) groups excluding carboxylic acids is 3. The highest BCUT2D eigenvalue weighted by Gasteiger charge is 2.38. The Kier molecular flexibility index (Phi) is 11.9. The topological polar surface area (TPSA) is 162 Å². The molecule has 222 valence electrons. The van der Waals surface area contributed by atoms with Crippen LogP contribution >= 0.6 is 0 Å². The molecule has 3 atom stereocenters. The number of nitrogens with one attached hydrogen (secondary N) is 2. The van der Waals surface area contributed by atoms with Crippen molar-refractivity contribution in [2.24, 2.45) is 4.99 Å². The van der Waals surface area contributed by atoms with Crippen LogP contribution in [0.5, 0.6) is 0 Å². The number of alkyl carbamates (subject to hydrolysis) is 1. The first-order chi connectivity index (χ1) is 19.0. The average Bonchev–Trinajstić information content (AvgIpc) is 3.24. The fraction of sp³-hybridized carbons (Fsp3) is 0.615. The predicted octanol–water partition coefficient (Wildman–Crippen LogP) is 0.282. The summed E-state index contributed by atoms with van der Waals surface area (Å²) in [7, 11) is -3.44. The molecule has 1 aromatic rings. The van der Waals surface area contributed by atoms with E-state index in [0.717, 1.165) is 11.8 Å². The Morgan fingerprint density at radius 1 is 1.18 bits per heavy atom. The van der Waals surface area contributed by atoms with Crippen molar-refractivity contribution < 1.29 is 41.7 Å². The molecule has 0 aromatic heterocycles. The maximum absolute atomic E-state index is 13.3. The zero-order valence-corrected chi connectivity index (χ0v) is 23.9. The van der Waals surface area contributed by atoms with Crippen molar-refractivity contribution in [3.05, 3.63) is 35.9 Å². The van der Waals surface area contributed by atoms with Crippen molar-refractivity contribution in [2.75, 3.05) is 51.5 Å². The summed E-state index contributed by atoms with van der Waals surface area (Å²) < 4.78 is 45.5. The Hall–Kier alpha value is -3.07. The summed E-state index contributed by atoms with van der Waals surface area (Å²) in [4.78, 5) is 44.7. The fourth-order valence-corrected chi connectivity index (χ4v) is 4.65. The molecule has 2 fully saturated rings. The monoisotopic (exact) mass is 582 g/mol. The predicted molar refractivity (Wildman–Crippen MR) is 145 cm³/mol. The Bertz CT molecular complexity index is 1140. The van der Waals surface area contributed by atoms with E-state index in [2.05, 4.69) is 15.6 Å². The molecular formula is C26H38N4O9S. The molecule has 2 heterocycles. The van der Waals surface area contributed by atoms with E-state index in [9.17, 15) is 22.8 Å². The Morgan fingerprint density at radius 3 is 2.52 bits per heavy atom. The highest BCUT2D eigenvalue weighted by Crippen LogP contribution is 2.13. The summed E-state index contributed by atoms with van der Waals surface area (Å²) >= 11 is 0. The number of benzene rings is 1. The molecule has 2 amide bonds. The number of morpholine rings is 1. The van der Waals surface area contributed by atoms with E-state index in [-0.39, 0.29) is 37.1 Å². The van der Waals surface area contributed by atoms with E-state index in [4.69, 9.17) is 18.9 Å². The zero-order valence-electron chi connectivity index (χ0n) is 23.0. The van der Waals surface area contributed by atoms with Gasteiger partial charge in [-0.2, -0.15) is 0 Å². The molecule has 0 saturated carbocycles. The number of nitrogens with zero attached hydrogens (tertiary/aromatic N) is 2. The van der Waals surface area contributed by atoms with Crippen LogP contribution < -0.4 is 10.6 Å². The minimum absolute atomic E-state index is 0.0266. The Balaban J connectivity index is 1.69. The Morgan fingerprint density at radius 2 is 1.88 bits per heavy atom. The molecule has 3 rings (SSSR count). The van der Waals surface area contributed by atoms with Gasteiger partial charge in [-0.3, -0.25) is 14.9 Å². The lowest BCUT2D eigenvalue weighted by Crippen LogP contribution is -2.51. The van der Waals surface area contributed by atoms with Crippen LogP contribution in [0.25, 0.3) is 0 Å². The summed E-state index contributed by atoms with van der Waals surface area (Å²) in [6.07, 6.45) is -1.11. The first-order valence-electron chi connectivity index (χ1n) is 13.1. The summed E-state index contributed by atoms with van der Waals surface area (Å²) in [5.74, 6) is -1.28. The van der Waals surface area contributed by atoms with Crippen molar-refractivity contribution >= 4 is 33.6 Å². The third-order valence-corrected chi connectivity index (χ3v) is 7.01. The highest BCUT2D eigenvalue weighted by atomic mass is 32.2. The van der Waals surface area contributed by atoms with Crippen LogP contribution in [-0.2, 0) is 45.0 Å². The quantitative estimate of drug-likeness (QED) is 0.274. The molecule has 40 heavy (non-hydrogen) atoms. The summed E-state index contributed by atoms with van der Waals surface area (Å²) in [6, 6.07) is 7.31. The summed E-state index contributed by atoms with van der Waals surface area (Å²) in [5.41, 5.74) is 0.950. The molecule has 0 spiro atoms. The van der Waals surface area contributed by atoms with Crippen LogP contribution in [0.2, 0.25) is 0 Å². The van der Waals surface area contributed by atoms with Crippen LogP contribution in [0.15, 0.2) is 35.3 Å². The molecule has 0 radical (unpaired) electrons. The maximum Gasteiger partial charge on any atom is 0.414 e. The lowest BCUT2D eigenvalue weighted by atomic mass is 10.1. The van der Waals surface area contributed by atoms with Gasteiger partial charge in [0.1, 0.15) is 28.0 Å². The van der Waals surface area contributed by atoms with Crippen molar-refractivity contribution in [3.8, 4) is 0 Å². The number of carbonyl (C=O) groups is 3. The molecule has 2 saturated heterocycles. The van der Waals surface area contributed by atoms with Crippen LogP contribution in [0.3, 0.4) is 0 Å². The number of sulfone groups is 1. The Labute approximate surface area is 234 Å². The molecule has 2 aliphatic heterocycles. The minimum Gasteiger partial charge on any atom is -0.447 e. The van der Waals surface area contributed by atoms with Gasteiger partial charge in [-0.25, -0.2) is 18.2 Å². The van der Waals surface area contributed by atoms with E-state index in [1.54, 1.807) is 18.7 Å². The van der Waals surface area contributed by atoms with Gasteiger partial charge in [-0.05, 0) is 25.8 Å². The van der Waals surface area contributed by atoms with Crippen LogP contribution in [-0.4, -0.2) is 113 Å². The van der Waals surface area contributed by atoms with E-state index in [1.807, 2.05) is 30.3 Å². The SMILES string of the molecule is CC(C)OC(=O)NC(=NC(CCS(C)(=O)=O)C(=O)NC1COC(COCc2ccccc2)C1=O)N1CCOCC1. The zero-order chi connectivity index (χ0) is 29.1. The number of ether oxygens (including phenoxy) is 4. The van der Waals surface area contributed by atoms with E-state index >= 15 is 0 Å². The molecule has 2 aliphatic rings. The fourth-order valence-electron chi connectivity index (χ4n) is 4.00. The van der Waals surface area contributed by atoms with Gasteiger partial charge in [0.25, 0.3) is 0 Å². The van der Waals surface area contributed by atoms with Crippen molar-refractivity contribution in [2.45, 2.75) is 51.2 Å². The normalized spacial score (nSPS) is 20.9. The first-order valence-corrected chi connectivity index (χ1v) is 15.2. The second-order valence-corrected chi connectivity index (χ2v) is 12.1. The molecule has 3 unspecified atom stereocenters. The number of hydrogen-bond acceptors (Lipinski definition) is 10. The number of Topliss-reactive ketones (excluding diaryl/α,β-unsaturated/α-hetero) is 1. The first kappa shape index (κ1) is 31.5. The molecule has 13 nitrogen and oxygen atoms in total. The molecule has 1 aromatic carbocycles. The molecule has 0 bridgehead atoms. The molecule has 0 aliphatic carbocycles. The lowest BCUT2D eigenvalue weighted by Gasteiger charge is -2.30. The van der Waals surface area contributed by atoms with Gasteiger partial charge >= 0.3 is 6.09 Å². The van der Waals surface area contributed by atoms with Crippen LogP contribution in [0.1, 0.15) is 25.8 Å². The number of ketones is 1.